The molecular weight excluding hydrogens is 228 g/mol. The van der Waals surface area contributed by atoms with Crippen molar-refractivity contribution in [2.45, 2.75) is 26.2 Å². The van der Waals surface area contributed by atoms with E-state index in [1.54, 1.807) is 11.3 Å². The summed E-state index contributed by atoms with van der Waals surface area (Å²) in [4.78, 5) is 12.1. The van der Waals surface area contributed by atoms with E-state index in [1.807, 2.05) is 41.1 Å². The smallest absolute Gasteiger partial charge is 0.193 e. The minimum absolute atomic E-state index is 0.103. The van der Waals surface area contributed by atoms with Gasteiger partial charge in [0.1, 0.15) is 0 Å². The van der Waals surface area contributed by atoms with E-state index in [9.17, 15) is 4.79 Å². The molecule has 0 aliphatic carbocycles. The zero-order valence-electron chi connectivity index (χ0n) is 10.4. The number of thiophene rings is 1. The van der Waals surface area contributed by atoms with Crippen molar-refractivity contribution in [3.8, 4) is 0 Å². The molecule has 0 atom stereocenters. The topological polar surface area (TPSA) is 17.1 Å². The van der Waals surface area contributed by atoms with Gasteiger partial charge in [0.05, 0.1) is 0 Å². The van der Waals surface area contributed by atoms with Crippen LogP contribution in [0.4, 0.5) is 0 Å². The number of ketones is 1. The Morgan fingerprint density at radius 2 is 1.65 bits per heavy atom. The first-order chi connectivity index (χ1) is 7.98. The molecule has 0 unspecified atom stereocenters. The van der Waals surface area contributed by atoms with Crippen molar-refractivity contribution in [3.05, 3.63) is 57.8 Å². The van der Waals surface area contributed by atoms with Crippen molar-refractivity contribution >= 4 is 17.1 Å². The molecule has 0 fully saturated rings. The van der Waals surface area contributed by atoms with Crippen molar-refractivity contribution in [2.75, 3.05) is 0 Å². The molecule has 0 spiro atoms. The van der Waals surface area contributed by atoms with E-state index < -0.39 is 0 Å². The second-order valence-corrected chi connectivity index (χ2v) is 5.95. The molecule has 2 rings (SSSR count). The van der Waals surface area contributed by atoms with E-state index in [1.165, 1.54) is 5.56 Å². The molecule has 2 aromatic rings. The maximum absolute atomic E-state index is 12.1. The molecule has 88 valence electrons. The summed E-state index contributed by atoms with van der Waals surface area (Å²) in [6, 6.07) is 9.78. The van der Waals surface area contributed by atoms with Gasteiger partial charge in [0.2, 0.25) is 0 Å². The zero-order chi connectivity index (χ0) is 12.5. The van der Waals surface area contributed by atoms with Gasteiger partial charge in [0.25, 0.3) is 0 Å². The Hall–Kier alpha value is -1.41. The summed E-state index contributed by atoms with van der Waals surface area (Å²) in [6.45, 7) is 6.51. The van der Waals surface area contributed by atoms with Crippen LogP contribution >= 0.6 is 11.3 Å². The van der Waals surface area contributed by atoms with Crippen molar-refractivity contribution < 1.29 is 4.79 Å². The molecule has 17 heavy (non-hydrogen) atoms. The van der Waals surface area contributed by atoms with E-state index >= 15 is 0 Å². The standard InChI is InChI=1S/C15H16OS/c1-15(2,3)13-6-4-11(5-7-13)14(16)12-8-9-17-10-12/h4-10H,1-3H3. The Bertz CT molecular complexity index is 501. The Kier molecular flexibility index (Phi) is 3.16. The van der Waals surface area contributed by atoms with Gasteiger partial charge < -0.3 is 0 Å². The van der Waals surface area contributed by atoms with Gasteiger partial charge in [-0.05, 0) is 22.4 Å². The summed E-state index contributed by atoms with van der Waals surface area (Å²) < 4.78 is 0. The maximum atomic E-state index is 12.1. The zero-order valence-corrected chi connectivity index (χ0v) is 11.2. The number of rotatable bonds is 2. The summed E-state index contributed by atoms with van der Waals surface area (Å²) in [5, 5.41) is 3.82. The number of hydrogen-bond acceptors (Lipinski definition) is 2. The second-order valence-electron chi connectivity index (χ2n) is 5.17. The lowest BCUT2D eigenvalue weighted by molar-refractivity contribution is 0.103. The molecule has 0 saturated heterocycles. The molecule has 1 aromatic carbocycles. The molecule has 0 amide bonds. The number of carbonyl (C=O) groups excluding carboxylic acids is 1. The van der Waals surface area contributed by atoms with Gasteiger partial charge in [-0.1, -0.05) is 45.0 Å². The summed E-state index contributed by atoms with van der Waals surface area (Å²) in [5.74, 6) is 0.103. The summed E-state index contributed by atoms with van der Waals surface area (Å²) in [7, 11) is 0. The maximum Gasteiger partial charge on any atom is 0.193 e. The van der Waals surface area contributed by atoms with Crippen LogP contribution in [0.1, 0.15) is 42.3 Å². The van der Waals surface area contributed by atoms with Gasteiger partial charge in [-0.2, -0.15) is 11.3 Å². The highest BCUT2D eigenvalue weighted by Crippen LogP contribution is 2.23. The molecule has 1 aromatic heterocycles. The lowest BCUT2D eigenvalue weighted by Gasteiger charge is -2.18. The largest absolute Gasteiger partial charge is 0.289 e. The minimum Gasteiger partial charge on any atom is -0.289 e. The van der Waals surface area contributed by atoms with Crippen LogP contribution in [0.25, 0.3) is 0 Å². The third kappa shape index (κ3) is 2.64. The third-order valence-electron chi connectivity index (χ3n) is 2.80. The fraction of sp³-hybridized carbons (Fsp3) is 0.267. The molecule has 0 saturated carbocycles. The molecule has 0 aliphatic rings. The van der Waals surface area contributed by atoms with Crippen LogP contribution in [0.2, 0.25) is 0 Å². The molecule has 1 nitrogen and oxygen atoms in total. The first-order valence-electron chi connectivity index (χ1n) is 5.66. The highest BCUT2D eigenvalue weighted by molar-refractivity contribution is 7.08. The number of hydrogen-bond donors (Lipinski definition) is 0. The predicted molar refractivity (Wildman–Crippen MR) is 72.9 cm³/mol. The summed E-state index contributed by atoms with van der Waals surface area (Å²) in [5.41, 5.74) is 2.92. The first kappa shape index (κ1) is 12.1. The Balaban J connectivity index is 2.28. The SMILES string of the molecule is CC(C)(C)c1ccc(C(=O)c2ccsc2)cc1. The van der Waals surface area contributed by atoms with E-state index in [0.717, 1.165) is 11.1 Å². The van der Waals surface area contributed by atoms with Crippen LogP contribution < -0.4 is 0 Å². The molecule has 0 N–H and O–H groups in total. The highest BCUT2D eigenvalue weighted by atomic mass is 32.1. The Morgan fingerprint density at radius 1 is 1.00 bits per heavy atom. The van der Waals surface area contributed by atoms with Crippen LogP contribution in [-0.4, -0.2) is 5.78 Å². The van der Waals surface area contributed by atoms with Gasteiger partial charge in [0, 0.05) is 16.5 Å². The molecule has 0 aliphatic heterocycles. The van der Waals surface area contributed by atoms with E-state index in [-0.39, 0.29) is 11.2 Å². The predicted octanol–water partition coefficient (Wildman–Crippen LogP) is 4.28. The second kappa shape index (κ2) is 4.46. The molecule has 2 heteroatoms. The molecule has 0 bridgehead atoms. The van der Waals surface area contributed by atoms with Crippen LogP contribution in [0.3, 0.4) is 0 Å². The van der Waals surface area contributed by atoms with E-state index in [4.69, 9.17) is 0 Å². The lowest BCUT2D eigenvalue weighted by Crippen LogP contribution is -2.11. The first-order valence-corrected chi connectivity index (χ1v) is 6.60. The normalized spacial score (nSPS) is 11.5. The average molecular weight is 244 g/mol. The number of benzene rings is 1. The van der Waals surface area contributed by atoms with Crippen LogP contribution in [0, 0.1) is 0 Å². The Labute approximate surface area is 106 Å². The van der Waals surface area contributed by atoms with Gasteiger partial charge >= 0.3 is 0 Å². The van der Waals surface area contributed by atoms with E-state index in [0.29, 0.717) is 0 Å². The van der Waals surface area contributed by atoms with Gasteiger partial charge in [-0.25, -0.2) is 0 Å². The van der Waals surface area contributed by atoms with Crippen LogP contribution in [0.15, 0.2) is 41.1 Å². The third-order valence-corrected chi connectivity index (χ3v) is 3.48. The fourth-order valence-corrected chi connectivity index (χ4v) is 2.32. The van der Waals surface area contributed by atoms with Crippen molar-refractivity contribution in [1.82, 2.24) is 0 Å². The monoisotopic (exact) mass is 244 g/mol. The Morgan fingerprint density at radius 3 is 2.12 bits per heavy atom. The fourth-order valence-electron chi connectivity index (χ4n) is 1.68. The minimum atomic E-state index is 0.103. The van der Waals surface area contributed by atoms with Gasteiger partial charge in [0.15, 0.2) is 5.78 Å². The lowest BCUT2D eigenvalue weighted by atomic mass is 9.86. The van der Waals surface area contributed by atoms with E-state index in [2.05, 4.69) is 20.8 Å². The van der Waals surface area contributed by atoms with Crippen LogP contribution in [0.5, 0.6) is 0 Å². The van der Waals surface area contributed by atoms with Crippen molar-refractivity contribution in [2.24, 2.45) is 0 Å². The van der Waals surface area contributed by atoms with Crippen LogP contribution in [-0.2, 0) is 5.41 Å². The molecule has 1 heterocycles. The molecule has 0 radical (unpaired) electrons. The van der Waals surface area contributed by atoms with Crippen molar-refractivity contribution in [1.29, 1.82) is 0 Å². The number of carbonyl (C=O) groups is 1. The highest BCUT2D eigenvalue weighted by Gasteiger charge is 2.14. The summed E-state index contributed by atoms with van der Waals surface area (Å²) >= 11 is 1.55. The van der Waals surface area contributed by atoms with Gasteiger partial charge in [-0.15, -0.1) is 0 Å². The average Bonchev–Trinajstić information content (AvgIpc) is 2.80. The van der Waals surface area contributed by atoms with Crippen molar-refractivity contribution in [3.63, 3.8) is 0 Å². The molecular formula is C15H16OS. The quantitative estimate of drug-likeness (QED) is 0.721. The summed E-state index contributed by atoms with van der Waals surface area (Å²) in [6.07, 6.45) is 0. The van der Waals surface area contributed by atoms with Gasteiger partial charge in [-0.3, -0.25) is 4.79 Å².